The fourth-order valence-corrected chi connectivity index (χ4v) is 3.66. The van der Waals surface area contributed by atoms with Crippen LogP contribution in [0.1, 0.15) is 12.5 Å². The molecule has 0 saturated carbocycles. The van der Waals surface area contributed by atoms with Crippen molar-refractivity contribution in [2.24, 2.45) is 7.05 Å². The Morgan fingerprint density at radius 3 is 2.71 bits per heavy atom. The van der Waals surface area contributed by atoms with Gasteiger partial charge in [-0.3, -0.25) is 14.4 Å². The molecule has 1 aliphatic rings. The lowest BCUT2D eigenvalue weighted by atomic mass is 10.2. The minimum Gasteiger partial charge on any atom is -0.353 e. The van der Waals surface area contributed by atoms with E-state index in [2.05, 4.69) is 30.2 Å². The lowest BCUT2D eigenvalue weighted by molar-refractivity contribution is -0.120. The Balaban J connectivity index is 1.40. The lowest BCUT2D eigenvalue weighted by Crippen LogP contribution is -2.53. The summed E-state index contributed by atoms with van der Waals surface area (Å²) in [5.74, 6) is 0.936. The number of benzene rings is 1. The van der Waals surface area contributed by atoms with Crippen LogP contribution in [0.4, 0.5) is 11.5 Å². The third kappa shape index (κ3) is 3.55. The third-order valence-electron chi connectivity index (χ3n) is 5.33. The molecule has 1 saturated heterocycles. The summed E-state index contributed by atoms with van der Waals surface area (Å²) in [7, 11) is 1.88. The molecule has 3 aromatic rings. The van der Waals surface area contributed by atoms with Gasteiger partial charge in [0.2, 0.25) is 5.91 Å². The van der Waals surface area contributed by atoms with Gasteiger partial charge < -0.3 is 10.2 Å². The minimum atomic E-state index is -0.188. The standard InChI is InChI=1S/C20H25N7O/c1-14-5-4-6-16(11-14)24-20(28)15(2)26-7-9-27(10-8-26)19-17-12-23-25(3)18(17)21-13-22-19/h4-6,11-13,15H,7-10H2,1-3H3,(H,24,28). The molecule has 8 heteroatoms. The van der Waals surface area contributed by atoms with Crippen molar-refractivity contribution in [3.63, 3.8) is 0 Å². The number of nitrogens with one attached hydrogen (secondary N) is 1. The smallest absolute Gasteiger partial charge is 0.241 e. The summed E-state index contributed by atoms with van der Waals surface area (Å²) < 4.78 is 1.76. The summed E-state index contributed by atoms with van der Waals surface area (Å²) >= 11 is 0. The van der Waals surface area contributed by atoms with E-state index in [-0.39, 0.29) is 11.9 Å². The van der Waals surface area contributed by atoms with E-state index in [0.717, 1.165) is 54.3 Å². The number of piperazine rings is 1. The fourth-order valence-electron chi connectivity index (χ4n) is 3.66. The van der Waals surface area contributed by atoms with Gasteiger partial charge in [-0.25, -0.2) is 9.97 Å². The minimum absolute atomic E-state index is 0.0238. The van der Waals surface area contributed by atoms with Crippen LogP contribution in [0.2, 0.25) is 0 Å². The first-order valence-electron chi connectivity index (χ1n) is 9.52. The van der Waals surface area contributed by atoms with Crippen molar-refractivity contribution in [2.45, 2.75) is 19.9 Å². The van der Waals surface area contributed by atoms with Gasteiger partial charge in [-0.15, -0.1) is 0 Å². The summed E-state index contributed by atoms with van der Waals surface area (Å²) in [6.07, 6.45) is 3.40. The first-order chi connectivity index (χ1) is 13.5. The highest BCUT2D eigenvalue weighted by Gasteiger charge is 2.27. The van der Waals surface area contributed by atoms with E-state index < -0.39 is 0 Å². The van der Waals surface area contributed by atoms with Crippen LogP contribution in [-0.2, 0) is 11.8 Å². The number of rotatable bonds is 4. The zero-order chi connectivity index (χ0) is 19.7. The van der Waals surface area contributed by atoms with Crippen molar-refractivity contribution in [3.05, 3.63) is 42.4 Å². The number of fused-ring (bicyclic) bond motifs is 1. The summed E-state index contributed by atoms with van der Waals surface area (Å²) in [6, 6.07) is 7.69. The fraction of sp³-hybridized carbons (Fsp3) is 0.400. The summed E-state index contributed by atoms with van der Waals surface area (Å²) in [5, 5.41) is 8.27. The number of amides is 1. The molecule has 1 fully saturated rings. The van der Waals surface area contributed by atoms with Crippen LogP contribution >= 0.6 is 0 Å². The van der Waals surface area contributed by atoms with Gasteiger partial charge in [-0.05, 0) is 31.5 Å². The van der Waals surface area contributed by atoms with E-state index in [4.69, 9.17) is 0 Å². The second-order valence-corrected chi connectivity index (χ2v) is 7.26. The van der Waals surface area contributed by atoms with E-state index in [9.17, 15) is 4.79 Å². The highest BCUT2D eigenvalue weighted by molar-refractivity contribution is 5.94. The van der Waals surface area contributed by atoms with Crippen molar-refractivity contribution in [1.82, 2.24) is 24.6 Å². The van der Waals surface area contributed by atoms with Crippen LogP contribution in [0.25, 0.3) is 11.0 Å². The number of carbonyl (C=O) groups excluding carboxylic acids is 1. The second-order valence-electron chi connectivity index (χ2n) is 7.26. The maximum absolute atomic E-state index is 12.7. The molecule has 28 heavy (non-hydrogen) atoms. The first-order valence-corrected chi connectivity index (χ1v) is 9.52. The quantitative estimate of drug-likeness (QED) is 0.745. The molecule has 1 aliphatic heterocycles. The molecule has 4 rings (SSSR count). The molecule has 0 bridgehead atoms. The average Bonchev–Trinajstić information content (AvgIpc) is 3.09. The zero-order valence-corrected chi connectivity index (χ0v) is 16.5. The zero-order valence-electron chi connectivity index (χ0n) is 16.5. The molecule has 0 aliphatic carbocycles. The van der Waals surface area contributed by atoms with Crippen LogP contribution in [-0.4, -0.2) is 62.8 Å². The van der Waals surface area contributed by atoms with Gasteiger partial charge >= 0.3 is 0 Å². The van der Waals surface area contributed by atoms with Gasteiger partial charge in [-0.1, -0.05) is 12.1 Å². The number of hydrogen-bond acceptors (Lipinski definition) is 6. The first kappa shape index (κ1) is 18.4. The SMILES string of the molecule is Cc1cccc(NC(=O)C(C)N2CCN(c3ncnc4c3cnn4C)CC2)c1. The Kier molecular flexibility index (Phi) is 4.95. The molecule has 146 valence electrons. The number of hydrogen-bond donors (Lipinski definition) is 1. The highest BCUT2D eigenvalue weighted by Crippen LogP contribution is 2.23. The van der Waals surface area contributed by atoms with Crippen LogP contribution in [0.3, 0.4) is 0 Å². The van der Waals surface area contributed by atoms with Gasteiger partial charge in [-0.2, -0.15) is 5.10 Å². The van der Waals surface area contributed by atoms with Crippen LogP contribution in [0, 0.1) is 6.92 Å². The Bertz CT molecular complexity index is 991. The maximum atomic E-state index is 12.7. The Labute approximate surface area is 164 Å². The van der Waals surface area contributed by atoms with Gasteiger partial charge in [0.25, 0.3) is 0 Å². The Hall–Kier alpha value is -3.00. The molecule has 1 amide bonds. The second kappa shape index (κ2) is 7.55. The van der Waals surface area contributed by atoms with E-state index >= 15 is 0 Å². The van der Waals surface area contributed by atoms with Crippen molar-refractivity contribution in [3.8, 4) is 0 Å². The monoisotopic (exact) mass is 379 g/mol. The third-order valence-corrected chi connectivity index (χ3v) is 5.33. The van der Waals surface area contributed by atoms with Crippen molar-refractivity contribution >= 4 is 28.4 Å². The van der Waals surface area contributed by atoms with Crippen LogP contribution in [0.5, 0.6) is 0 Å². The van der Waals surface area contributed by atoms with Crippen molar-refractivity contribution < 1.29 is 4.79 Å². The van der Waals surface area contributed by atoms with Gasteiger partial charge in [0.1, 0.15) is 12.1 Å². The molecule has 0 spiro atoms. The molecule has 1 atom stereocenters. The largest absolute Gasteiger partial charge is 0.353 e. The van der Waals surface area contributed by atoms with Gasteiger partial charge in [0, 0.05) is 38.9 Å². The number of aryl methyl sites for hydroxylation is 2. The van der Waals surface area contributed by atoms with E-state index in [1.165, 1.54) is 0 Å². The molecule has 3 heterocycles. The van der Waals surface area contributed by atoms with Crippen molar-refractivity contribution in [2.75, 3.05) is 36.4 Å². The molecular formula is C20H25N7O. The number of nitrogens with zero attached hydrogens (tertiary/aromatic N) is 6. The molecule has 8 nitrogen and oxygen atoms in total. The Morgan fingerprint density at radius 1 is 1.18 bits per heavy atom. The number of aromatic nitrogens is 4. The van der Waals surface area contributed by atoms with Crippen LogP contribution in [0.15, 0.2) is 36.8 Å². The Morgan fingerprint density at radius 2 is 1.96 bits per heavy atom. The summed E-state index contributed by atoms with van der Waals surface area (Å²) in [4.78, 5) is 25.9. The van der Waals surface area contributed by atoms with E-state index in [1.54, 1.807) is 11.0 Å². The number of carbonyl (C=O) groups is 1. The normalized spacial score (nSPS) is 16.3. The highest BCUT2D eigenvalue weighted by atomic mass is 16.2. The lowest BCUT2D eigenvalue weighted by Gasteiger charge is -2.38. The number of anilines is 2. The van der Waals surface area contributed by atoms with E-state index in [1.807, 2.05) is 51.4 Å². The average molecular weight is 379 g/mol. The predicted octanol–water partition coefficient (Wildman–Crippen LogP) is 1.82. The van der Waals surface area contributed by atoms with Crippen molar-refractivity contribution in [1.29, 1.82) is 0 Å². The maximum Gasteiger partial charge on any atom is 0.241 e. The molecule has 1 N–H and O–H groups in total. The molecule has 1 aromatic carbocycles. The van der Waals surface area contributed by atoms with Crippen LogP contribution < -0.4 is 10.2 Å². The topological polar surface area (TPSA) is 79.2 Å². The van der Waals surface area contributed by atoms with Gasteiger partial charge in [0.05, 0.1) is 17.6 Å². The molecule has 1 unspecified atom stereocenters. The van der Waals surface area contributed by atoms with E-state index in [0.29, 0.717) is 0 Å². The molecular weight excluding hydrogens is 354 g/mol. The predicted molar refractivity (Wildman–Crippen MR) is 109 cm³/mol. The van der Waals surface area contributed by atoms with Gasteiger partial charge in [0.15, 0.2) is 5.65 Å². The molecule has 0 radical (unpaired) electrons. The summed E-state index contributed by atoms with van der Waals surface area (Å²) in [5.41, 5.74) is 2.81. The molecule has 2 aromatic heterocycles. The summed E-state index contributed by atoms with van der Waals surface area (Å²) in [6.45, 7) is 7.20.